The molecule has 0 saturated heterocycles. The van der Waals surface area contributed by atoms with Crippen LogP contribution in [0.2, 0.25) is 0 Å². The van der Waals surface area contributed by atoms with E-state index in [2.05, 4.69) is 25.2 Å². The molecule has 140 valence electrons. The average molecular weight is 374 g/mol. The van der Waals surface area contributed by atoms with Gasteiger partial charge in [0.25, 0.3) is 0 Å². The Hall–Kier alpha value is -3.36. The fourth-order valence-corrected chi connectivity index (χ4v) is 2.25. The second kappa shape index (κ2) is 8.84. The number of halogens is 2. The summed E-state index contributed by atoms with van der Waals surface area (Å²) in [5.74, 6) is 0.595. The van der Waals surface area contributed by atoms with Gasteiger partial charge in [-0.1, -0.05) is 23.4 Å². The number of amides is 1. The standard InChI is InChI=1S/C18H16F2N4O3/c19-18(20)26-13-6-4-12(5-7-13)11-22-15(25)8-9-16-23-17(24-27-16)14-3-1-2-10-21-14/h1-7,10,18H,8-9,11H2,(H,22,25). The van der Waals surface area contributed by atoms with Gasteiger partial charge in [-0.2, -0.15) is 13.8 Å². The third kappa shape index (κ3) is 5.56. The van der Waals surface area contributed by atoms with E-state index in [1.165, 1.54) is 12.1 Å². The van der Waals surface area contributed by atoms with Gasteiger partial charge in [-0.15, -0.1) is 0 Å². The molecule has 0 bridgehead atoms. The van der Waals surface area contributed by atoms with Gasteiger partial charge in [0, 0.05) is 25.6 Å². The second-order valence-corrected chi connectivity index (χ2v) is 5.53. The van der Waals surface area contributed by atoms with Gasteiger partial charge in [0.15, 0.2) is 0 Å². The number of nitrogens with one attached hydrogen (secondary N) is 1. The third-order valence-corrected chi connectivity index (χ3v) is 3.57. The van der Waals surface area contributed by atoms with E-state index in [9.17, 15) is 13.6 Å². The molecule has 0 unspecified atom stereocenters. The van der Waals surface area contributed by atoms with Crippen molar-refractivity contribution in [3.8, 4) is 17.3 Å². The molecular formula is C18H16F2N4O3. The molecule has 7 nitrogen and oxygen atoms in total. The lowest BCUT2D eigenvalue weighted by atomic mass is 10.2. The van der Waals surface area contributed by atoms with E-state index in [4.69, 9.17) is 4.52 Å². The predicted molar refractivity (Wildman–Crippen MR) is 90.8 cm³/mol. The maximum absolute atomic E-state index is 12.1. The molecule has 0 aliphatic carbocycles. The highest BCUT2D eigenvalue weighted by atomic mass is 19.3. The SMILES string of the molecule is O=C(CCc1nc(-c2ccccn2)no1)NCc1ccc(OC(F)F)cc1. The molecule has 1 aromatic carbocycles. The lowest BCUT2D eigenvalue weighted by Gasteiger charge is -2.07. The molecule has 3 rings (SSSR count). The molecule has 2 aromatic heterocycles. The Bertz CT molecular complexity index is 870. The van der Waals surface area contributed by atoms with Crippen LogP contribution in [0.3, 0.4) is 0 Å². The van der Waals surface area contributed by atoms with Crippen molar-refractivity contribution >= 4 is 5.91 Å². The predicted octanol–water partition coefficient (Wildman–Crippen LogP) is 2.98. The van der Waals surface area contributed by atoms with E-state index in [0.717, 1.165) is 5.56 Å². The average Bonchev–Trinajstić information content (AvgIpc) is 3.15. The maximum Gasteiger partial charge on any atom is 0.387 e. The summed E-state index contributed by atoms with van der Waals surface area (Å²) < 4.78 is 33.6. The molecule has 27 heavy (non-hydrogen) atoms. The number of benzene rings is 1. The lowest BCUT2D eigenvalue weighted by Crippen LogP contribution is -2.23. The van der Waals surface area contributed by atoms with Crippen molar-refractivity contribution in [3.05, 3.63) is 60.1 Å². The normalized spacial score (nSPS) is 10.8. The van der Waals surface area contributed by atoms with E-state index < -0.39 is 6.61 Å². The molecule has 3 aromatic rings. The van der Waals surface area contributed by atoms with E-state index >= 15 is 0 Å². The number of carbonyl (C=O) groups excluding carboxylic acids is 1. The number of hydrogen-bond donors (Lipinski definition) is 1. The lowest BCUT2D eigenvalue weighted by molar-refractivity contribution is -0.121. The van der Waals surface area contributed by atoms with Gasteiger partial charge in [0.1, 0.15) is 11.4 Å². The zero-order valence-corrected chi connectivity index (χ0v) is 14.1. The summed E-state index contributed by atoms with van der Waals surface area (Å²) >= 11 is 0. The van der Waals surface area contributed by atoms with Crippen LogP contribution in [0.15, 0.2) is 53.2 Å². The second-order valence-electron chi connectivity index (χ2n) is 5.53. The van der Waals surface area contributed by atoms with Crippen LogP contribution in [0, 0.1) is 0 Å². The van der Waals surface area contributed by atoms with Gasteiger partial charge >= 0.3 is 6.61 Å². The summed E-state index contributed by atoms with van der Waals surface area (Å²) in [6.07, 6.45) is 2.11. The summed E-state index contributed by atoms with van der Waals surface area (Å²) in [7, 11) is 0. The Morgan fingerprint density at radius 1 is 1.19 bits per heavy atom. The summed E-state index contributed by atoms with van der Waals surface area (Å²) in [5.41, 5.74) is 1.36. The summed E-state index contributed by atoms with van der Waals surface area (Å²) in [5, 5.41) is 6.58. The van der Waals surface area contributed by atoms with Gasteiger partial charge in [0.05, 0.1) is 0 Å². The number of nitrogens with zero attached hydrogens (tertiary/aromatic N) is 3. The monoisotopic (exact) mass is 374 g/mol. The molecule has 1 amide bonds. The van der Waals surface area contributed by atoms with Crippen LogP contribution in [-0.4, -0.2) is 27.6 Å². The molecule has 0 radical (unpaired) electrons. The first-order valence-electron chi connectivity index (χ1n) is 8.14. The molecule has 0 atom stereocenters. The smallest absolute Gasteiger partial charge is 0.387 e. The van der Waals surface area contributed by atoms with E-state index in [0.29, 0.717) is 23.8 Å². The van der Waals surface area contributed by atoms with Crippen molar-refractivity contribution in [1.82, 2.24) is 20.4 Å². The molecule has 2 heterocycles. The number of aromatic nitrogens is 3. The van der Waals surface area contributed by atoms with E-state index in [-0.39, 0.29) is 24.6 Å². The highest BCUT2D eigenvalue weighted by Crippen LogP contribution is 2.15. The number of ether oxygens (including phenoxy) is 1. The molecule has 9 heteroatoms. The van der Waals surface area contributed by atoms with Crippen LogP contribution in [0.25, 0.3) is 11.5 Å². The Morgan fingerprint density at radius 2 is 2.00 bits per heavy atom. The van der Waals surface area contributed by atoms with Crippen LogP contribution >= 0.6 is 0 Å². The van der Waals surface area contributed by atoms with Crippen molar-refractivity contribution in [2.24, 2.45) is 0 Å². The van der Waals surface area contributed by atoms with Gasteiger partial charge in [0.2, 0.25) is 17.6 Å². The van der Waals surface area contributed by atoms with Gasteiger partial charge < -0.3 is 14.6 Å². The number of hydrogen-bond acceptors (Lipinski definition) is 6. The first-order chi connectivity index (χ1) is 13.1. The van der Waals surface area contributed by atoms with Crippen molar-refractivity contribution in [2.75, 3.05) is 0 Å². The number of carbonyl (C=O) groups is 1. The maximum atomic E-state index is 12.1. The number of rotatable bonds is 8. The van der Waals surface area contributed by atoms with Crippen molar-refractivity contribution in [1.29, 1.82) is 0 Å². The van der Waals surface area contributed by atoms with Crippen molar-refractivity contribution in [3.63, 3.8) is 0 Å². The molecule has 0 saturated carbocycles. The Kier molecular flexibility index (Phi) is 6.03. The fourth-order valence-electron chi connectivity index (χ4n) is 2.25. The molecule has 0 aliphatic rings. The van der Waals surface area contributed by atoms with Crippen LogP contribution < -0.4 is 10.1 Å². The van der Waals surface area contributed by atoms with Crippen LogP contribution in [0.1, 0.15) is 17.9 Å². The molecular weight excluding hydrogens is 358 g/mol. The zero-order valence-electron chi connectivity index (χ0n) is 14.1. The van der Waals surface area contributed by atoms with Crippen molar-refractivity contribution in [2.45, 2.75) is 26.0 Å². The van der Waals surface area contributed by atoms with Crippen LogP contribution in [0.4, 0.5) is 8.78 Å². The minimum Gasteiger partial charge on any atom is -0.435 e. The van der Waals surface area contributed by atoms with E-state index in [1.807, 2.05) is 6.07 Å². The van der Waals surface area contributed by atoms with Crippen LogP contribution in [-0.2, 0) is 17.8 Å². The van der Waals surface area contributed by atoms with Gasteiger partial charge in [-0.25, -0.2) is 0 Å². The highest BCUT2D eigenvalue weighted by Gasteiger charge is 2.11. The minimum atomic E-state index is -2.86. The quantitative estimate of drug-likeness (QED) is 0.652. The number of alkyl halides is 2. The topological polar surface area (TPSA) is 90.1 Å². The highest BCUT2D eigenvalue weighted by molar-refractivity contribution is 5.76. The largest absolute Gasteiger partial charge is 0.435 e. The first-order valence-corrected chi connectivity index (χ1v) is 8.14. The van der Waals surface area contributed by atoms with Crippen molar-refractivity contribution < 1.29 is 22.8 Å². The Labute approximate surface area is 153 Å². The first kappa shape index (κ1) is 18.4. The number of pyridine rings is 1. The Morgan fingerprint density at radius 3 is 2.70 bits per heavy atom. The summed E-state index contributed by atoms with van der Waals surface area (Å²) in [6.45, 7) is -2.59. The van der Waals surface area contributed by atoms with Gasteiger partial charge in [-0.05, 0) is 29.8 Å². The zero-order chi connectivity index (χ0) is 19.1. The molecule has 0 fully saturated rings. The van der Waals surface area contributed by atoms with E-state index in [1.54, 1.807) is 30.5 Å². The summed E-state index contributed by atoms with van der Waals surface area (Å²) in [4.78, 5) is 20.3. The molecule has 0 aliphatic heterocycles. The Balaban J connectivity index is 1.44. The fraction of sp³-hybridized carbons (Fsp3) is 0.222. The molecule has 0 spiro atoms. The van der Waals surface area contributed by atoms with Gasteiger partial charge in [-0.3, -0.25) is 9.78 Å². The number of aryl methyl sites for hydroxylation is 1. The van der Waals surface area contributed by atoms with Crippen LogP contribution in [0.5, 0.6) is 5.75 Å². The minimum absolute atomic E-state index is 0.0696. The summed E-state index contributed by atoms with van der Waals surface area (Å²) in [6, 6.07) is 11.4. The molecule has 1 N–H and O–H groups in total. The third-order valence-electron chi connectivity index (χ3n) is 3.57.